The van der Waals surface area contributed by atoms with Crippen LogP contribution in [0.1, 0.15) is 43.7 Å². The quantitative estimate of drug-likeness (QED) is 0.579. The Balaban J connectivity index is 1.78. The van der Waals surface area contributed by atoms with Crippen molar-refractivity contribution in [2.45, 2.75) is 38.8 Å². The van der Waals surface area contributed by atoms with Gasteiger partial charge in [-0.3, -0.25) is 4.79 Å². The highest BCUT2D eigenvalue weighted by molar-refractivity contribution is 7.10. The summed E-state index contributed by atoms with van der Waals surface area (Å²) in [6.45, 7) is 8.84. The van der Waals surface area contributed by atoms with Crippen LogP contribution in [0.3, 0.4) is 0 Å². The summed E-state index contributed by atoms with van der Waals surface area (Å²) in [6, 6.07) is 14.8. The standard InChI is InChI=1S/C20H29N3OS/c1-20(2,3)23-13-8-12-21-18(24)15-22-19(17-11-7-14-25-17)16-9-5-4-6-10-16/h4-7,9-11,14,19,22-23H,8,12-13,15H2,1-3H3,(H,21,24)/p+2/t19-/m0/s1. The van der Waals surface area contributed by atoms with E-state index in [0.29, 0.717) is 6.54 Å². The van der Waals surface area contributed by atoms with Crippen LogP contribution in [-0.2, 0) is 4.79 Å². The number of hydrogen-bond donors (Lipinski definition) is 3. The first-order chi connectivity index (χ1) is 12.0. The van der Waals surface area contributed by atoms with Crippen LogP contribution in [-0.4, -0.2) is 31.1 Å². The van der Waals surface area contributed by atoms with Gasteiger partial charge in [-0.25, -0.2) is 0 Å². The molecule has 0 spiro atoms. The van der Waals surface area contributed by atoms with E-state index in [2.05, 4.69) is 78.5 Å². The number of rotatable bonds is 9. The van der Waals surface area contributed by atoms with Crippen LogP contribution in [0.25, 0.3) is 0 Å². The Hall–Kier alpha value is -1.69. The number of benzene rings is 1. The number of nitrogens with two attached hydrogens (primary N) is 2. The van der Waals surface area contributed by atoms with Crippen LogP contribution >= 0.6 is 11.3 Å². The van der Waals surface area contributed by atoms with Gasteiger partial charge in [-0.1, -0.05) is 36.4 Å². The minimum atomic E-state index is 0.105. The second-order valence-corrected chi connectivity index (χ2v) is 8.39. The van der Waals surface area contributed by atoms with E-state index >= 15 is 0 Å². The zero-order chi connectivity index (χ0) is 18.1. The largest absolute Gasteiger partial charge is 0.351 e. The number of amides is 1. The van der Waals surface area contributed by atoms with Gasteiger partial charge >= 0.3 is 0 Å². The Morgan fingerprint density at radius 3 is 2.56 bits per heavy atom. The van der Waals surface area contributed by atoms with Gasteiger partial charge in [0.15, 0.2) is 6.54 Å². The third-order valence-electron chi connectivity index (χ3n) is 4.01. The number of hydrogen-bond acceptors (Lipinski definition) is 2. The fraction of sp³-hybridized carbons (Fsp3) is 0.450. The van der Waals surface area contributed by atoms with E-state index in [1.165, 1.54) is 10.4 Å². The van der Waals surface area contributed by atoms with Crippen molar-refractivity contribution in [2.24, 2.45) is 0 Å². The van der Waals surface area contributed by atoms with E-state index in [1.807, 2.05) is 6.07 Å². The number of nitrogens with one attached hydrogen (secondary N) is 1. The lowest BCUT2D eigenvalue weighted by Crippen LogP contribution is -2.94. The smallest absolute Gasteiger partial charge is 0.275 e. The minimum absolute atomic E-state index is 0.105. The first-order valence-electron chi connectivity index (χ1n) is 8.98. The van der Waals surface area contributed by atoms with E-state index in [-0.39, 0.29) is 17.5 Å². The molecule has 0 aliphatic heterocycles. The van der Waals surface area contributed by atoms with Crippen LogP contribution in [0.2, 0.25) is 0 Å². The van der Waals surface area contributed by atoms with Gasteiger partial charge in [-0.2, -0.15) is 0 Å². The van der Waals surface area contributed by atoms with Crippen LogP contribution < -0.4 is 16.0 Å². The van der Waals surface area contributed by atoms with E-state index in [0.717, 1.165) is 19.5 Å². The molecule has 4 nitrogen and oxygen atoms in total. The Morgan fingerprint density at radius 2 is 1.92 bits per heavy atom. The molecule has 2 aromatic rings. The van der Waals surface area contributed by atoms with Gasteiger partial charge in [0.05, 0.1) is 17.0 Å². The summed E-state index contributed by atoms with van der Waals surface area (Å²) in [5.74, 6) is 0.105. The summed E-state index contributed by atoms with van der Waals surface area (Å²) < 4.78 is 0. The van der Waals surface area contributed by atoms with Gasteiger partial charge in [-0.05, 0) is 32.2 Å². The van der Waals surface area contributed by atoms with Crippen LogP contribution in [0.4, 0.5) is 0 Å². The topological polar surface area (TPSA) is 62.3 Å². The molecule has 25 heavy (non-hydrogen) atoms. The molecule has 136 valence electrons. The molecule has 1 amide bonds. The molecular formula is C20H31N3OS+2. The predicted molar refractivity (Wildman–Crippen MR) is 104 cm³/mol. The Kier molecular flexibility index (Phi) is 7.62. The van der Waals surface area contributed by atoms with Gasteiger partial charge in [-0.15, -0.1) is 11.3 Å². The second kappa shape index (κ2) is 9.70. The first kappa shape index (κ1) is 19.6. The molecule has 0 aliphatic rings. The van der Waals surface area contributed by atoms with Gasteiger partial charge in [0.2, 0.25) is 0 Å². The van der Waals surface area contributed by atoms with Gasteiger partial charge in [0.25, 0.3) is 5.91 Å². The van der Waals surface area contributed by atoms with E-state index in [1.54, 1.807) is 11.3 Å². The van der Waals surface area contributed by atoms with Crippen LogP contribution in [0.15, 0.2) is 47.8 Å². The minimum Gasteiger partial charge on any atom is -0.351 e. The maximum Gasteiger partial charge on any atom is 0.275 e. The molecule has 0 radical (unpaired) electrons. The van der Waals surface area contributed by atoms with Crippen molar-refractivity contribution in [1.29, 1.82) is 0 Å². The zero-order valence-electron chi connectivity index (χ0n) is 15.5. The third kappa shape index (κ3) is 7.38. The van der Waals surface area contributed by atoms with E-state index < -0.39 is 0 Å². The van der Waals surface area contributed by atoms with Crippen LogP contribution in [0.5, 0.6) is 0 Å². The average molecular weight is 362 g/mol. The normalized spacial score (nSPS) is 12.8. The predicted octanol–water partition coefficient (Wildman–Crippen LogP) is 1.27. The van der Waals surface area contributed by atoms with Crippen molar-refractivity contribution in [2.75, 3.05) is 19.6 Å². The SMILES string of the molecule is CC(C)(C)[NH2+]CCCNC(=O)C[NH2+][C@@H](c1ccccc1)c1cccs1. The monoisotopic (exact) mass is 361 g/mol. The molecule has 0 saturated carbocycles. The van der Waals surface area contributed by atoms with Crippen molar-refractivity contribution in [3.8, 4) is 0 Å². The number of quaternary nitrogens is 2. The molecule has 0 bridgehead atoms. The number of carbonyl (C=O) groups is 1. The Morgan fingerprint density at radius 1 is 1.16 bits per heavy atom. The van der Waals surface area contributed by atoms with Crippen molar-refractivity contribution < 1.29 is 15.4 Å². The molecule has 1 aromatic heterocycles. The maximum absolute atomic E-state index is 12.2. The van der Waals surface area contributed by atoms with Gasteiger partial charge in [0, 0.05) is 18.5 Å². The molecule has 0 aliphatic carbocycles. The molecule has 0 fully saturated rings. The molecule has 1 aromatic carbocycles. The molecule has 5 N–H and O–H groups in total. The Labute approximate surface area is 155 Å². The highest BCUT2D eigenvalue weighted by Crippen LogP contribution is 2.22. The molecule has 0 saturated heterocycles. The van der Waals surface area contributed by atoms with Crippen LogP contribution in [0, 0.1) is 0 Å². The molecule has 0 unspecified atom stereocenters. The van der Waals surface area contributed by atoms with Gasteiger partial charge < -0.3 is 16.0 Å². The molecule has 1 heterocycles. The lowest BCUT2D eigenvalue weighted by atomic mass is 10.1. The fourth-order valence-corrected chi connectivity index (χ4v) is 3.56. The van der Waals surface area contributed by atoms with Crippen molar-refractivity contribution in [3.63, 3.8) is 0 Å². The first-order valence-corrected chi connectivity index (χ1v) is 9.86. The van der Waals surface area contributed by atoms with Crippen molar-refractivity contribution in [3.05, 3.63) is 58.3 Å². The maximum atomic E-state index is 12.2. The second-order valence-electron chi connectivity index (χ2n) is 7.41. The van der Waals surface area contributed by atoms with Crippen molar-refractivity contribution >= 4 is 17.2 Å². The summed E-state index contributed by atoms with van der Waals surface area (Å²) in [6.07, 6.45) is 0.996. The Bertz CT molecular complexity index is 620. The lowest BCUT2D eigenvalue weighted by molar-refractivity contribution is -0.717. The molecule has 2 rings (SSSR count). The molecule has 5 heteroatoms. The summed E-state index contributed by atoms with van der Waals surface area (Å²) in [5.41, 5.74) is 1.49. The number of thiophene rings is 1. The third-order valence-corrected chi connectivity index (χ3v) is 4.96. The number of carbonyl (C=O) groups excluding carboxylic acids is 1. The fourth-order valence-electron chi connectivity index (χ4n) is 2.71. The summed E-state index contributed by atoms with van der Waals surface area (Å²) in [7, 11) is 0. The van der Waals surface area contributed by atoms with E-state index in [9.17, 15) is 4.79 Å². The zero-order valence-corrected chi connectivity index (χ0v) is 16.3. The summed E-state index contributed by atoms with van der Waals surface area (Å²) in [4.78, 5) is 13.4. The molecule has 1 atom stereocenters. The average Bonchev–Trinajstić information content (AvgIpc) is 3.09. The van der Waals surface area contributed by atoms with Crippen molar-refractivity contribution in [1.82, 2.24) is 5.32 Å². The summed E-state index contributed by atoms with van der Waals surface area (Å²) in [5, 5.41) is 9.56. The van der Waals surface area contributed by atoms with Gasteiger partial charge in [0.1, 0.15) is 6.04 Å². The lowest BCUT2D eigenvalue weighted by Gasteiger charge is -2.17. The highest BCUT2D eigenvalue weighted by Gasteiger charge is 2.19. The summed E-state index contributed by atoms with van der Waals surface area (Å²) >= 11 is 1.74. The highest BCUT2D eigenvalue weighted by atomic mass is 32.1. The van der Waals surface area contributed by atoms with E-state index in [4.69, 9.17) is 0 Å². The molecular weight excluding hydrogens is 330 g/mol.